The summed E-state index contributed by atoms with van der Waals surface area (Å²) in [4.78, 5) is 23.2. The first kappa shape index (κ1) is 14.4. The van der Waals surface area contributed by atoms with E-state index in [1.807, 2.05) is 6.92 Å². The summed E-state index contributed by atoms with van der Waals surface area (Å²) in [5, 5.41) is 2.79. The highest BCUT2D eigenvalue weighted by molar-refractivity contribution is 5.98. The third kappa shape index (κ3) is 4.67. The average molecular weight is 248 g/mol. The van der Waals surface area contributed by atoms with E-state index in [1.165, 1.54) is 0 Å². The molecule has 0 unspecified atom stereocenters. The number of carbonyl (C=O) groups is 2. The van der Waals surface area contributed by atoms with Gasteiger partial charge in [0.25, 0.3) is 0 Å². The van der Waals surface area contributed by atoms with E-state index in [9.17, 15) is 9.59 Å². The molecule has 0 radical (unpaired) electrons. The third-order valence-corrected chi connectivity index (χ3v) is 2.60. The van der Waals surface area contributed by atoms with Crippen LogP contribution in [0.5, 0.6) is 0 Å². The molecule has 0 bridgehead atoms. The van der Waals surface area contributed by atoms with E-state index in [2.05, 4.69) is 5.32 Å². The summed E-state index contributed by atoms with van der Waals surface area (Å²) in [5.74, 6) is -0.0116. The van der Waals surface area contributed by atoms with Gasteiger partial charge < -0.3 is 11.1 Å². The first-order valence-electron chi connectivity index (χ1n) is 6.30. The highest BCUT2D eigenvalue weighted by Crippen LogP contribution is 2.13. The summed E-state index contributed by atoms with van der Waals surface area (Å²) in [5.41, 5.74) is 6.61. The van der Waals surface area contributed by atoms with Crippen LogP contribution in [0.2, 0.25) is 0 Å². The number of amides is 1. The highest BCUT2D eigenvalue weighted by Gasteiger charge is 2.07. The Morgan fingerprint density at radius 2 is 2.06 bits per heavy atom. The van der Waals surface area contributed by atoms with Crippen LogP contribution in [-0.4, -0.2) is 18.2 Å². The Bertz CT molecular complexity index is 416. The molecule has 4 heteroatoms. The lowest BCUT2D eigenvalue weighted by Gasteiger charge is -2.06. The van der Waals surface area contributed by atoms with E-state index in [4.69, 9.17) is 5.73 Å². The highest BCUT2D eigenvalue weighted by atomic mass is 16.1. The van der Waals surface area contributed by atoms with Crippen molar-refractivity contribution < 1.29 is 9.59 Å². The van der Waals surface area contributed by atoms with Gasteiger partial charge in [-0.1, -0.05) is 25.5 Å². The van der Waals surface area contributed by atoms with Crippen molar-refractivity contribution in [2.75, 3.05) is 11.9 Å². The Kier molecular flexibility index (Phi) is 6.08. The van der Waals surface area contributed by atoms with Crippen LogP contribution in [0.15, 0.2) is 24.3 Å². The minimum absolute atomic E-state index is 0.00200. The van der Waals surface area contributed by atoms with E-state index in [0.717, 1.165) is 12.8 Å². The predicted molar refractivity (Wildman–Crippen MR) is 72.6 cm³/mol. The Morgan fingerprint density at radius 1 is 1.28 bits per heavy atom. The van der Waals surface area contributed by atoms with Crippen molar-refractivity contribution in [3.05, 3.63) is 29.8 Å². The number of hydrogen-bond donors (Lipinski definition) is 2. The fourth-order valence-corrected chi connectivity index (χ4v) is 1.61. The fraction of sp³-hybridized carbons (Fsp3) is 0.429. The normalized spacial score (nSPS) is 10.1. The number of anilines is 1. The number of carbonyl (C=O) groups excluding carboxylic acids is 2. The van der Waals surface area contributed by atoms with Crippen LogP contribution in [0.4, 0.5) is 5.69 Å². The molecular weight excluding hydrogens is 228 g/mol. The number of hydrogen-bond acceptors (Lipinski definition) is 3. The van der Waals surface area contributed by atoms with Gasteiger partial charge >= 0.3 is 0 Å². The molecule has 0 aliphatic rings. The molecule has 4 nitrogen and oxygen atoms in total. The van der Waals surface area contributed by atoms with Crippen molar-refractivity contribution in [2.24, 2.45) is 5.73 Å². The second-order valence-electron chi connectivity index (χ2n) is 4.19. The van der Waals surface area contributed by atoms with Gasteiger partial charge in [0.15, 0.2) is 5.78 Å². The topological polar surface area (TPSA) is 72.2 Å². The van der Waals surface area contributed by atoms with Crippen LogP contribution in [0.25, 0.3) is 0 Å². The number of rotatable bonds is 7. The zero-order valence-electron chi connectivity index (χ0n) is 10.7. The molecule has 1 rings (SSSR count). The molecule has 0 atom stereocenters. The molecule has 0 saturated heterocycles. The maximum Gasteiger partial charge on any atom is 0.224 e. The molecule has 0 saturated carbocycles. The average Bonchev–Trinajstić information content (AvgIpc) is 2.37. The smallest absolute Gasteiger partial charge is 0.224 e. The predicted octanol–water partition coefficient (Wildman–Crippen LogP) is 2.35. The van der Waals surface area contributed by atoms with Crippen molar-refractivity contribution in [2.45, 2.75) is 32.6 Å². The molecule has 0 fully saturated rings. The molecule has 18 heavy (non-hydrogen) atoms. The van der Waals surface area contributed by atoms with Crippen LogP contribution < -0.4 is 11.1 Å². The molecule has 3 N–H and O–H groups in total. The lowest BCUT2D eigenvalue weighted by Crippen LogP contribution is -2.12. The largest absolute Gasteiger partial charge is 0.330 e. The van der Waals surface area contributed by atoms with Gasteiger partial charge in [-0.05, 0) is 25.1 Å². The molecule has 1 amide bonds. The van der Waals surface area contributed by atoms with E-state index < -0.39 is 0 Å². The van der Waals surface area contributed by atoms with Gasteiger partial charge in [-0.3, -0.25) is 9.59 Å². The number of nitrogens with one attached hydrogen (secondary N) is 1. The maximum absolute atomic E-state index is 11.7. The first-order valence-corrected chi connectivity index (χ1v) is 6.30. The summed E-state index contributed by atoms with van der Waals surface area (Å²) in [6.45, 7) is 2.38. The van der Waals surface area contributed by atoms with Gasteiger partial charge in [-0.2, -0.15) is 0 Å². The Hall–Kier alpha value is -1.68. The molecule has 0 heterocycles. The van der Waals surface area contributed by atoms with E-state index in [0.29, 0.717) is 30.6 Å². The summed E-state index contributed by atoms with van der Waals surface area (Å²) >= 11 is 0. The lowest BCUT2D eigenvalue weighted by atomic mass is 10.1. The van der Waals surface area contributed by atoms with E-state index >= 15 is 0 Å². The SMILES string of the molecule is CCCCC(=O)Nc1cccc(C(=O)CCN)c1. The van der Waals surface area contributed by atoms with Crippen LogP contribution in [0.1, 0.15) is 43.0 Å². The van der Waals surface area contributed by atoms with Crippen molar-refractivity contribution in [1.82, 2.24) is 0 Å². The standard InChI is InChI=1S/C14H20N2O2/c1-2-3-7-14(18)16-12-6-4-5-11(10-12)13(17)8-9-15/h4-6,10H,2-3,7-9,15H2,1H3,(H,16,18). The molecule has 1 aromatic rings. The monoisotopic (exact) mass is 248 g/mol. The molecule has 0 spiro atoms. The van der Waals surface area contributed by atoms with Gasteiger partial charge in [0.1, 0.15) is 0 Å². The molecule has 0 aliphatic heterocycles. The zero-order chi connectivity index (χ0) is 13.4. The molecule has 0 aromatic heterocycles. The summed E-state index contributed by atoms with van der Waals surface area (Å²) < 4.78 is 0. The fourth-order valence-electron chi connectivity index (χ4n) is 1.61. The van der Waals surface area contributed by atoms with Gasteiger partial charge in [-0.15, -0.1) is 0 Å². The summed E-state index contributed by atoms with van der Waals surface area (Å²) in [6, 6.07) is 6.98. The van der Waals surface area contributed by atoms with Gasteiger partial charge in [-0.25, -0.2) is 0 Å². The Labute approximate surface area is 108 Å². The number of unbranched alkanes of at least 4 members (excludes halogenated alkanes) is 1. The number of Topliss-reactive ketones (excluding diaryl/α,β-unsaturated/α-hetero) is 1. The number of benzene rings is 1. The summed E-state index contributed by atoms with van der Waals surface area (Å²) in [6.07, 6.45) is 2.70. The minimum Gasteiger partial charge on any atom is -0.330 e. The first-order chi connectivity index (χ1) is 8.67. The quantitative estimate of drug-likeness (QED) is 0.727. The molecule has 98 valence electrons. The van der Waals surface area contributed by atoms with Crippen LogP contribution in [0.3, 0.4) is 0 Å². The van der Waals surface area contributed by atoms with E-state index in [1.54, 1.807) is 24.3 Å². The van der Waals surface area contributed by atoms with Crippen molar-refractivity contribution in [3.63, 3.8) is 0 Å². The Morgan fingerprint density at radius 3 is 2.72 bits per heavy atom. The number of ketones is 1. The third-order valence-electron chi connectivity index (χ3n) is 2.60. The van der Waals surface area contributed by atoms with Crippen molar-refractivity contribution >= 4 is 17.4 Å². The number of nitrogens with two attached hydrogens (primary N) is 1. The minimum atomic E-state index is -0.0136. The summed E-state index contributed by atoms with van der Waals surface area (Å²) in [7, 11) is 0. The molecular formula is C14H20N2O2. The zero-order valence-corrected chi connectivity index (χ0v) is 10.7. The molecule has 0 aliphatic carbocycles. The Balaban J connectivity index is 2.64. The second kappa shape index (κ2) is 7.61. The van der Waals surface area contributed by atoms with Crippen LogP contribution in [0, 0.1) is 0 Å². The van der Waals surface area contributed by atoms with Gasteiger partial charge in [0.05, 0.1) is 0 Å². The van der Waals surface area contributed by atoms with Gasteiger partial charge in [0, 0.05) is 24.1 Å². The lowest BCUT2D eigenvalue weighted by molar-refractivity contribution is -0.116. The van der Waals surface area contributed by atoms with Crippen LogP contribution in [-0.2, 0) is 4.79 Å². The van der Waals surface area contributed by atoms with Gasteiger partial charge in [0.2, 0.25) is 5.91 Å². The van der Waals surface area contributed by atoms with Crippen LogP contribution >= 0.6 is 0 Å². The van der Waals surface area contributed by atoms with Crippen molar-refractivity contribution in [1.29, 1.82) is 0 Å². The molecule has 1 aromatic carbocycles. The van der Waals surface area contributed by atoms with E-state index in [-0.39, 0.29) is 11.7 Å². The van der Waals surface area contributed by atoms with Crippen molar-refractivity contribution in [3.8, 4) is 0 Å². The second-order valence-corrected chi connectivity index (χ2v) is 4.19. The maximum atomic E-state index is 11.7.